The summed E-state index contributed by atoms with van der Waals surface area (Å²) < 4.78 is 1.17. The van der Waals surface area contributed by atoms with E-state index in [-0.39, 0.29) is 17.9 Å². The van der Waals surface area contributed by atoms with Gasteiger partial charge in [-0.3, -0.25) is 4.79 Å². The van der Waals surface area contributed by atoms with Gasteiger partial charge >= 0.3 is 0 Å². The molecule has 1 amide bonds. The molecule has 4 nitrogen and oxygen atoms in total. The lowest BCUT2D eigenvalue weighted by atomic mass is 10.0. The summed E-state index contributed by atoms with van der Waals surface area (Å²) in [4.78, 5) is 16.6. The van der Waals surface area contributed by atoms with Crippen LogP contribution in [0.3, 0.4) is 0 Å². The molecule has 2 heterocycles. The molecule has 2 atom stereocenters. The predicted molar refractivity (Wildman–Crippen MR) is 77.0 cm³/mol. The van der Waals surface area contributed by atoms with Gasteiger partial charge in [-0.2, -0.15) is 0 Å². The van der Waals surface area contributed by atoms with Crippen LogP contribution in [0.2, 0.25) is 0 Å². The minimum atomic E-state index is 0.0920. The number of benzene rings is 1. The first-order valence-corrected chi connectivity index (χ1v) is 7.41. The first-order chi connectivity index (χ1) is 9.24. The molecule has 1 aliphatic rings. The number of thiazole rings is 1. The maximum absolute atomic E-state index is 12.1. The highest BCUT2D eigenvalue weighted by molar-refractivity contribution is 7.18. The number of hydrogen-bond donors (Lipinski definition) is 2. The maximum Gasteiger partial charge on any atom is 0.225 e. The summed E-state index contributed by atoms with van der Waals surface area (Å²) in [5.74, 6) is 0.228. The molecule has 1 aromatic heterocycles. The van der Waals surface area contributed by atoms with Crippen molar-refractivity contribution in [3.05, 3.63) is 29.3 Å². The molecule has 100 valence electrons. The highest BCUT2D eigenvalue weighted by atomic mass is 32.1. The third kappa shape index (κ3) is 2.62. The fourth-order valence-corrected chi connectivity index (χ4v) is 3.41. The van der Waals surface area contributed by atoms with Gasteiger partial charge in [0.2, 0.25) is 5.91 Å². The topological polar surface area (TPSA) is 54.0 Å². The summed E-state index contributed by atoms with van der Waals surface area (Å²) >= 11 is 1.64. The molecule has 1 aliphatic heterocycles. The zero-order valence-corrected chi connectivity index (χ0v) is 11.7. The number of carbonyl (C=O) groups excluding carboxylic acids is 1. The van der Waals surface area contributed by atoms with Crippen molar-refractivity contribution in [1.29, 1.82) is 0 Å². The fourth-order valence-electron chi connectivity index (χ4n) is 2.51. The summed E-state index contributed by atoms with van der Waals surface area (Å²) in [7, 11) is 0. The molecular formula is C14H17N3OS. The Balaban J connectivity index is 1.64. The van der Waals surface area contributed by atoms with Crippen molar-refractivity contribution < 1.29 is 4.79 Å². The van der Waals surface area contributed by atoms with Crippen molar-refractivity contribution in [3.8, 4) is 0 Å². The van der Waals surface area contributed by atoms with Crippen LogP contribution in [-0.4, -0.2) is 23.5 Å². The van der Waals surface area contributed by atoms with Gasteiger partial charge in [-0.25, -0.2) is 4.98 Å². The number of nitrogens with zero attached hydrogens (tertiary/aromatic N) is 1. The van der Waals surface area contributed by atoms with E-state index in [1.54, 1.807) is 11.3 Å². The number of aromatic nitrogens is 1. The SMILES string of the molecule is CC1NCCC1C(=O)NCc1nc2ccccc2s1. The van der Waals surface area contributed by atoms with Crippen LogP contribution in [0.4, 0.5) is 0 Å². The average Bonchev–Trinajstić information content (AvgIpc) is 3.01. The highest BCUT2D eigenvalue weighted by Gasteiger charge is 2.29. The lowest BCUT2D eigenvalue weighted by molar-refractivity contribution is -0.125. The second kappa shape index (κ2) is 5.27. The Morgan fingerprint density at radius 1 is 1.53 bits per heavy atom. The maximum atomic E-state index is 12.1. The third-order valence-electron chi connectivity index (χ3n) is 3.61. The molecule has 0 aliphatic carbocycles. The first-order valence-electron chi connectivity index (χ1n) is 6.59. The smallest absolute Gasteiger partial charge is 0.225 e. The molecule has 0 saturated carbocycles. The summed E-state index contributed by atoms with van der Waals surface area (Å²) in [6.07, 6.45) is 0.923. The number of para-hydroxylation sites is 1. The van der Waals surface area contributed by atoms with Crippen molar-refractivity contribution in [2.45, 2.75) is 25.9 Å². The number of amides is 1. The fraction of sp³-hybridized carbons (Fsp3) is 0.429. The minimum Gasteiger partial charge on any atom is -0.349 e. The molecule has 1 fully saturated rings. The van der Waals surface area contributed by atoms with Gasteiger partial charge in [0, 0.05) is 6.04 Å². The number of carbonyl (C=O) groups is 1. The molecule has 2 aromatic rings. The molecule has 3 rings (SSSR count). The van der Waals surface area contributed by atoms with Gasteiger partial charge in [0.05, 0.1) is 22.7 Å². The zero-order chi connectivity index (χ0) is 13.2. The Labute approximate surface area is 116 Å². The Morgan fingerprint density at radius 3 is 3.11 bits per heavy atom. The van der Waals surface area contributed by atoms with E-state index in [1.165, 1.54) is 4.70 Å². The summed E-state index contributed by atoms with van der Waals surface area (Å²) in [5.41, 5.74) is 1.01. The first kappa shape index (κ1) is 12.6. The Hall–Kier alpha value is -1.46. The Kier molecular flexibility index (Phi) is 3.48. The molecule has 1 aromatic carbocycles. The van der Waals surface area contributed by atoms with Gasteiger partial charge < -0.3 is 10.6 Å². The van der Waals surface area contributed by atoms with E-state index < -0.39 is 0 Å². The van der Waals surface area contributed by atoms with Crippen LogP contribution in [0.15, 0.2) is 24.3 Å². The lowest BCUT2D eigenvalue weighted by Gasteiger charge is -2.14. The molecule has 0 radical (unpaired) electrons. The van der Waals surface area contributed by atoms with Gasteiger partial charge in [0.25, 0.3) is 0 Å². The van der Waals surface area contributed by atoms with Crippen molar-refractivity contribution in [3.63, 3.8) is 0 Å². The van der Waals surface area contributed by atoms with E-state index in [2.05, 4.69) is 28.6 Å². The molecule has 2 unspecified atom stereocenters. The standard InChI is InChI=1S/C14H17N3OS/c1-9-10(6-7-15-9)14(18)16-8-13-17-11-4-2-3-5-12(11)19-13/h2-5,9-10,15H,6-8H2,1H3,(H,16,18). The predicted octanol–water partition coefficient (Wildman–Crippen LogP) is 1.91. The van der Waals surface area contributed by atoms with Gasteiger partial charge in [-0.05, 0) is 32.0 Å². The van der Waals surface area contributed by atoms with Crippen LogP contribution in [0.25, 0.3) is 10.2 Å². The van der Waals surface area contributed by atoms with Crippen LogP contribution in [0.1, 0.15) is 18.4 Å². The Bertz CT molecular complexity index is 562. The van der Waals surface area contributed by atoms with Gasteiger partial charge in [-0.15, -0.1) is 11.3 Å². The molecule has 19 heavy (non-hydrogen) atoms. The molecule has 0 bridgehead atoms. The number of rotatable bonds is 3. The van der Waals surface area contributed by atoms with E-state index in [9.17, 15) is 4.79 Å². The number of hydrogen-bond acceptors (Lipinski definition) is 4. The second-order valence-corrected chi connectivity index (χ2v) is 6.05. The van der Waals surface area contributed by atoms with Crippen LogP contribution >= 0.6 is 11.3 Å². The van der Waals surface area contributed by atoms with Crippen molar-refractivity contribution in [2.75, 3.05) is 6.54 Å². The molecular weight excluding hydrogens is 258 g/mol. The van der Waals surface area contributed by atoms with Crippen molar-refractivity contribution >= 4 is 27.5 Å². The molecule has 5 heteroatoms. The van der Waals surface area contributed by atoms with E-state index in [4.69, 9.17) is 0 Å². The molecule has 2 N–H and O–H groups in total. The van der Waals surface area contributed by atoms with E-state index in [1.807, 2.05) is 18.2 Å². The average molecular weight is 275 g/mol. The third-order valence-corrected chi connectivity index (χ3v) is 4.65. The van der Waals surface area contributed by atoms with Crippen molar-refractivity contribution in [1.82, 2.24) is 15.6 Å². The van der Waals surface area contributed by atoms with E-state index >= 15 is 0 Å². The summed E-state index contributed by atoms with van der Waals surface area (Å²) in [6, 6.07) is 8.32. The second-order valence-electron chi connectivity index (χ2n) is 4.93. The Morgan fingerprint density at radius 2 is 2.37 bits per heavy atom. The van der Waals surface area contributed by atoms with Gasteiger partial charge in [0.15, 0.2) is 0 Å². The normalized spacial score (nSPS) is 22.8. The van der Waals surface area contributed by atoms with Gasteiger partial charge in [0.1, 0.15) is 5.01 Å². The quantitative estimate of drug-likeness (QED) is 0.899. The number of fused-ring (bicyclic) bond motifs is 1. The largest absolute Gasteiger partial charge is 0.349 e. The van der Waals surface area contributed by atoms with Crippen LogP contribution < -0.4 is 10.6 Å². The highest BCUT2D eigenvalue weighted by Crippen LogP contribution is 2.21. The van der Waals surface area contributed by atoms with Gasteiger partial charge in [-0.1, -0.05) is 12.1 Å². The van der Waals surface area contributed by atoms with Crippen LogP contribution in [0.5, 0.6) is 0 Å². The summed E-state index contributed by atoms with van der Waals surface area (Å²) in [6.45, 7) is 3.52. The monoisotopic (exact) mass is 275 g/mol. The lowest BCUT2D eigenvalue weighted by Crippen LogP contribution is -2.36. The van der Waals surface area contributed by atoms with Crippen molar-refractivity contribution in [2.24, 2.45) is 5.92 Å². The minimum absolute atomic E-state index is 0.0920. The molecule has 1 saturated heterocycles. The zero-order valence-electron chi connectivity index (χ0n) is 10.8. The van der Waals surface area contributed by atoms with E-state index in [0.717, 1.165) is 23.5 Å². The molecule has 0 spiro atoms. The van der Waals surface area contributed by atoms with Crippen LogP contribution in [-0.2, 0) is 11.3 Å². The summed E-state index contributed by atoms with van der Waals surface area (Å²) in [5, 5.41) is 7.26. The van der Waals surface area contributed by atoms with E-state index in [0.29, 0.717) is 6.54 Å². The van der Waals surface area contributed by atoms with Crippen LogP contribution in [0, 0.1) is 5.92 Å². The number of nitrogens with one attached hydrogen (secondary N) is 2.